The van der Waals surface area contributed by atoms with Crippen LogP contribution in [0, 0.1) is 0 Å². The molecule has 1 aromatic heterocycles. The van der Waals surface area contributed by atoms with Crippen LogP contribution in [-0.2, 0) is 0 Å². The van der Waals surface area contributed by atoms with E-state index in [9.17, 15) is 0 Å². The molecule has 160 valence electrons. The first-order valence-corrected chi connectivity index (χ1v) is 12.3. The van der Waals surface area contributed by atoms with E-state index in [2.05, 4.69) is 121 Å². The molecule has 0 amide bonds. The fourth-order valence-corrected chi connectivity index (χ4v) is 5.96. The highest BCUT2D eigenvalue weighted by atomic mass is 32.1. The molecule has 2 heterocycles. The predicted molar refractivity (Wildman–Crippen MR) is 144 cm³/mol. The van der Waals surface area contributed by atoms with Gasteiger partial charge in [-0.05, 0) is 69.6 Å². The van der Waals surface area contributed by atoms with E-state index in [4.69, 9.17) is 4.74 Å². The highest BCUT2D eigenvalue weighted by molar-refractivity contribution is 7.18. The summed E-state index contributed by atoms with van der Waals surface area (Å²) in [6.45, 7) is 0. The van der Waals surface area contributed by atoms with Crippen LogP contribution in [0.1, 0.15) is 0 Å². The van der Waals surface area contributed by atoms with Gasteiger partial charge < -0.3 is 4.74 Å². The quantitative estimate of drug-likeness (QED) is 0.259. The van der Waals surface area contributed by atoms with Crippen LogP contribution in [0.25, 0.3) is 53.9 Å². The fourth-order valence-electron chi connectivity index (χ4n) is 4.92. The summed E-state index contributed by atoms with van der Waals surface area (Å²) in [5.41, 5.74) is 7.38. The Morgan fingerprint density at radius 1 is 0.441 bits per heavy atom. The largest absolute Gasteiger partial charge is 0.456 e. The van der Waals surface area contributed by atoms with Crippen molar-refractivity contribution in [3.63, 3.8) is 0 Å². The maximum atomic E-state index is 6.28. The molecule has 6 aromatic rings. The zero-order valence-corrected chi connectivity index (χ0v) is 19.2. The Morgan fingerprint density at radius 2 is 1.18 bits per heavy atom. The van der Waals surface area contributed by atoms with Gasteiger partial charge in [-0.1, -0.05) is 84.9 Å². The second-order valence-electron chi connectivity index (χ2n) is 8.55. The highest BCUT2D eigenvalue weighted by Crippen LogP contribution is 2.48. The molecule has 0 radical (unpaired) electrons. The van der Waals surface area contributed by atoms with Gasteiger partial charge in [-0.25, -0.2) is 0 Å². The number of rotatable bonds is 3. The summed E-state index contributed by atoms with van der Waals surface area (Å²) in [4.78, 5) is 2.53. The molecule has 0 aliphatic carbocycles. The van der Waals surface area contributed by atoms with Gasteiger partial charge in [0.05, 0.1) is 0 Å². The van der Waals surface area contributed by atoms with Crippen molar-refractivity contribution < 1.29 is 4.74 Å². The summed E-state index contributed by atoms with van der Waals surface area (Å²) in [6.07, 6.45) is 0. The Kier molecular flexibility index (Phi) is 4.39. The Morgan fingerprint density at radius 3 is 2.06 bits per heavy atom. The van der Waals surface area contributed by atoms with Gasteiger partial charge in [0, 0.05) is 20.7 Å². The molecule has 1 aliphatic heterocycles. The Hall–Kier alpha value is -4.14. The SMILES string of the molecule is c1ccc(-c2ccccc2-c2ccc(-c3ccc4c(c3)-c3cccc5cccc(c35)O4)s2)cc1. The molecule has 2 heteroatoms. The fraction of sp³-hybridized carbons (Fsp3) is 0. The van der Waals surface area contributed by atoms with Crippen LogP contribution in [0.2, 0.25) is 0 Å². The maximum Gasteiger partial charge on any atom is 0.135 e. The minimum Gasteiger partial charge on any atom is -0.456 e. The Balaban J connectivity index is 1.33. The molecular weight excluding hydrogens is 432 g/mol. The van der Waals surface area contributed by atoms with Crippen LogP contribution in [0.15, 0.2) is 121 Å². The summed E-state index contributed by atoms with van der Waals surface area (Å²) in [5.74, 6) is 1.85. The van der Waals surface area contributed by atoms with E-state index in [1.54, 1.807) is 0 Å². The average molecular weight is 453 g/mol. The van der Waals surface area contributed by atoms with Crippen LogP contribution in [0.3, 0.4) is 0 Å². The van der Waals surface area contributed by atoms with E-state index in [1.165, 1.54) is 48.3 Å². The third-order valence-corrected chi connectivity index (χ3v) is 7.69. The van der Waals surface area contributed by atoms with Crippen molar-refractivity contribution in [2.75, 3.05) is 0 Å². The Bertz CT molecular complexity index is 1670. The van der Waals surface area contributed by atoms with Crippen molar-refractivity contribution >= 4 is 22.1 Å². The summed E-state index contributed by atoms with van der Waals surface area (Å²) >= 11 is 1.84. The zero-order valence-electron chi connectivity index (χ0n) is 18.4. The summed E-state index contributed by atoms with van der Waals surface area (Å²) in [7, 11) is 0. The first-order valence-electron chi connectivity index (χ1n) is 11.4. The van der Waals surface area contributed by atoms with Gasteiger partial charge in [0.15, 0.2) is 0 Å². The molecule has 0 saturated carbocycles. The first kappa shape index (κ1) is 19.3. The lowest BCUT2D eigenvalue weighted by Crippen LogP contribution is -1.97. The number of ether oxygens (including phenoxy) is 1. The average Bonchev–Trinajstić information content (AvgIpc) is 3.40. The monoisotopic (exact) mass is 452 g/mol. The second kappa shape index (κ2) is 7.72. The van der Waals surface area contributed by atoms with Gasteiger partial charge >= 0.3 is 0 Å². The van der Waals surface area contributed by atoms with Gasteiger partial charge in [-0.3, -0.25) is 0 Å². The highest BCUT2D eigenvalue weighted by Gasteiger charge is 2.20. The lowest BCUT2D eigenvalue weighted by atomic mass is 9.93. The van der Waals surface area contributed by atoms with Crippen molar-refractivity contribution in [3.8, 4) is 54.6 Å². The predicted octanol–water partition coefficient (Wildman–Crippen LogP) is 9.67. The maximum absolute atomic E-state index is 6.28. The molecule has 0 unspecified atom stereocenters. The van der Waals surface area contributed by atoms with Gasteiger partial charge in [-0.15, -0.1) is 11.3 Å². The smallest absolute Gasteiger partial charge is 0.135 e. The van der Waals surface area contributed by atoms with E-state index in [0.717, 1.165) is 17.1 Å². The minimum atomic E-state index is 0.918. The number of hydrogen-bond acceptors (Lipinski definition) is 2. The van der Waals surface area contributed by atoms with E-state index in [1.807, 2.05) is 11.3 Å². The van der Waals surface area contributed by atoms with E-state index >= 15 is 0 Å². The minimum absolute atomic E-state index is 0.918. The molecule has 5 aromatic carbocycles. The van der Waals surface area contributed by atoms with Crippen molar-refractivity contribution in [3.05, 3.63) is 121 Å². The van der Waals surface area contributed by atoms with Crippen LogP contribution >= 0.6 is 11.3 Å². The summed E-state index contributed by atoms with van der Waals surface area (Å²) in [6, 6.07) is 43.0. The van der Waals surface area contributed by atoms with Crippen LogP contribution in [0.5, 0.6) is 11.5 Å². The van der Waals surface area contributed by atoms with E-state index in [0.29, 0.717) is 0 Å². The lowest BCUT2D eigenvalue weighted by molar-refractivity contribution is 0.487. The molecule has 0 saturated heterocycles. The Labute approximate surface area is 202 Å². The van der Waals surface area contributed by atoms with Crippen LogP contribution in [0.4, 0.5) is 0 Å². The summed E-state index contributed by atoms with van der Waals surface area (Å²) < 4.78 is 6.28. The number of fused-ring (bicyclic) bond motifs is 2. The molecule has 0 N–H and O–H groups in total. The lowest BCUT2D eigenvalue weighted by Gasteiger charge is -2.21. The first-order chi connectivity index (χ1) is 16.8. The normalized spacial score (nSPS) is 11.8. The number of hydrogen-bond donors (Lipinski definition) is 0. The second-order valence-corrected chi connectivity index (χ2v) is 9.63. The molecular formula is C32H20OS. The molecule has 0 spiro atoms. The number of thiophene rings is 1. The molecule has 0 fully saturated rings. The van der Waals surface area contributed by atoms with Crippen molar-refractivity contribution in [1.29, 1.82) is 0 Å². The topological polar surface area (TPSA) is 9.23 Å². The molecule has 1 aliphatic rings. The van der Waals surface area contributed by atoms with Crippen molar-refractivity contribution in [1.82, 2.24) is 0 Å². The van der Waals surface area contributed by atoms with Crippen LogP contribution in [-0.4, -0.2) is 0 Å². The van der Waals surface area contributed by atoms with Gasteiger partial charge in [0.1, 0.15) is 11.5 Å². The third-order valence-electron chi connectivity index (χ3n) is 6.52. The zero-order chi connectivity index (χ0) is 22.5. The summed E-state index contributed by atoms with van der Waals surface area (Å²) in [5, 5.41) is 2.40. The van der Waals surface area contributed by atoms with Gasteiger partial charge in [0.25, 0.3) is 0 Å². The molecule has 0 atom stereocenters. The van der Waals surface area contributed by atoms with Crippen molar-refractivity contribution in [2.24, 2.45) is 0 Å². The third kappa shape index (κ3) is 3.07. The van der Waals surface area contributed by atoms with Gasteiger partial charge in [-0.2, -0.15) is 0 Å². The van der Waals surface area contributed by atoms with E-state index in [-0.39, 0.29) is 0 Å². The molecule has 34 heavy (non-hydrogen) atoms. The molecule has 1 nitrogen and oxygen atoms in total. The standard InChI is InChI=1S/C32H20OS/c1-2-8-21(9-3-1)24-12-4-5-13-25(24)31-19-18-30(34-31)23-16-17-28-27(20-23)26-14-6-10-22-11-7-15-29(33-28)32(22)26/h1-20H. The molecule has 7 rings (SSSR count). The van der Waals surface area contributed by atoms with Gasteiger partial charge in [0.2, 0.25) is 0 Å². The molecule has 0 bridgehead atoms. The van der Waals surface area contributed by atoms with E-state index < -0.39 is 0 Å². The van der Waals surface area contributed by atoms with Crippen LogP contribution < -0.4 is 4.74 Å². The van der Waals surface area contributed by atoms with Crippen molar-refractivity contribution in [2.45, 2.75) is 0 Å². The number of benzene rings is 5.